The van der Waals surface area contributed by atoms with Gasteiger partial charge in [0, 0.05) is 26.7 Å². The van der Waals surface area contributed by atoms with Gasteiger partial charge in [-0.15, -0.1) is 11.8 Å². The fourth-order valence-electron chi connectivity index (χ4n) is 1.12. The SMILES string of the molecule is CSc1ccc(Br)cc1C(=O)CCBr. The monoisotopic (exact) mass is 336 g/mol. The summed E-state index contributed by atoms with van der Waals surface area (Å²) in [5.41, 5.74) is 0.811. The average molecular weight is 338 g/mol. The van der Waals surface area contributed by atoms with Gasteiger partial charge < -0.3 is 0 Å². The Morgan fingerprint density at radius 1 is 1.50 bits per heavy atom. The molecular formula is C10H10Br2OS. The molecule has 4 heteroatoms. The molecule has 0 aliphatic carbocycles. The Balaban J connectivity index is 3.03. The second-order valence-electron chi connectivity index (χ2n) is 2.71. The van der Waals surface area contributed by atoms with Crippen molar-refractivity contribution in [2.24, 2.45) is 0 Å². The van der Waals surface area contributed by atoms with Gasteiger partial charge in [0.2, 0.25) is 0 Å². The van der Waals surface area contributed by atoms with Crippen molar-refractivity contribution in [2.75, 3.05) is 11.6 Å². The van der Waals surface area contributed by atoms with Gasteiger partial charge in [0.05, 0.1) is 0 Å². The Morgan fingerprint density at radius 3 is 2.79 bits per heavy atom. The van der Waals surface area contributed by atoms with Crippen molar-refractivity contribution in [1.82, 2.24) is 0 Å². The summed E-state index contributed by atoms with van der Waals surface area (Å²) in [5.74, 6) is 0.188. The first kappa shape index (κ1) is 12.3. The number of thioether (sulfide) groups is 1. The van der Waals surface area contributed by atoms with Gasteiger partial charge in [-0.25, -0.2) is 0 Å². The van der Waals surface area contributed by atoms with Crippen molar-refractivity contribution in [3.05, 3.63) is 28.2 Å². The Kier molecular flexibility index (Phi) is 5.20. The van der Waals surface area contributed by atoms with E-state index in [9.17, 15) is 4.79 Å². The zero-order valence-corrected chi connectivity index (χ0v) is 11.7. The van der Waals surface area contributed by atoms with Crippen LogP contribution in [0.5, 0.6) is 0 Å². The number of alkyl halides is 1. The normalized spacial score (nSPS) is 10.2. The van der Waals surface area contributed by atoms with Gasteiger partial charge in [0.1, 0.15) is 0 Å². The quantitative estimate of drug-likeness (QED) is 0.466. The lowest BCUT2D eigenvalue weighted by molar-refractivity contribution is 0.0987. The van der Waals surface area contributed by atoms with Crippen molar-refractivity contribution >= 4 is 49.4 Å². The van der Waals surface area contributed by atoms with E-state index in [1.165, 1.54) is 0 Å². The van der Waals surface area contributed by atoms with Gasteiger partial charge in [-0.3, -0.25) is 4.79 Å². The Hall–Kier alpha value is 0.200. The van der Waals surface area contributed by atoms with Gasteiger partial charge in [0.15, 0.2) is 5.78 Å². The van der Waals surface area contributed by atoms with E-state index in [-0.39, 0.29) is 5.78 Å². The molecule has 1 nitrogen and oxygen atoms in total. The number of carbonyl (C=O) groups excluding carboxylic acids is 1. The van der Waals surface area contributed by atoms with Gasteiger partial charge >= 0.3 is 0 Å². The van der Waals surface area contributed by atoms with Crippen molar-refractivity contribution < 1.29 is 4.79 Å². The first-order chi connectivity index (χ1) is 6.69. The van der Waals surface area contributed by atoms with Gasteiger partial charge in [0.25, 0.3) is 0 Å². The van der Waals surface area contributed by atoms with Crippen LogP contribution in [0.15, 0.2) is 27.6 Å². The molecule has 0 atom stereocenters. The first-order valence-electron chi connectivity index (χ1n) is 4.11. The summed E-state index contributed by atoms with van der Waals surface area (Å²) in [7, 11) is 0. The van der Waals surface area contributed by atoms with E-state index in [1.54, 1.807) is 11.8 Å². The summed E-state index contributed by atoms with van der Waals surface area (Å²) in [6, 6.07) is 5.81. The van der Waals surface area contributed by atoms with Crippen LogP contribution in [-0.4, -0.2) is 17.4 Å². The van der Waals surface area contributed by atoms with E-state index in [2.05, 4.69) is 31.9 Å². The van der Waals surface area contributed by atoms with Crippen LogP contribution in [0.25, 0.3) is 0 Å². The summed E-state index contributed by atoms with van der Waals surface area (Å²) in [4.78, 5) is 12.8. The summed E-state index contributed by atoms with van der Waals surface area (Å²) in [6.45, 7) is 0. The van der Waals surface area contributed by atoms with Crippen molar-refractivity contribution in [3.63, 3.8) is 0 Å². The molecule has 76 valence electrons. The highest BCUT2D eigenvalue weighted by atomic mass is 79.9. The molecule has 0 radical (unpaired) electrons. The van der Waals surface area contributed by atoms with E-state index < -0.39 is 0 Å². The molecule has 1 aromatic rings. The Labute approximate surface area is 105 Å². The van der Waals surface area contributed by atoms with Crippen LogP contribution in [-0.2, 0) is 0 Å². The maximum absolute atomic E-state index is 11.7. The minimum absolute atomic E-state index is 0.188. The number of Topliss-reactive ketones (excluding diaryl/α,β-unsaturated/α-hetero) is 1. The van der Waals surface area contributed by atoms with E-state index in [0.29, 0.717) is 11.8 Å². The van der Waals surface area contributed by atoms with Crippen molar-refractivity contribution in [2.45, 2.75) is 11.3 Å². The first-order valence-corrected chi connectivity index (χ1v) is 7.25. The third kappa shape index (κ3) is 3.11. The van der Waals surface area contributed by atoms with E-state index >= 15 is 0 Å². The second-order valence-corrected chi connectivity index (χ2v) is 5.26. The maximum Gasteiger partial charge on any atom is 0.164 e. The molecule has 0 aromatic heterocycles. The molecular weight excluding hydrogens is 328 g/mol. The second kappa shape index (κ2) is 5.93. The van der Waals surface area contributed by atoms with Crippen LogP contribution < -0.4 is 0 Å². The van der Waals surface area contributed by atoms with Crippen LogP contribution in [0.2, 0.25) is 0 Å². The molecule has 0 aliphatic rings. The standard InChI is InChI=1S/C10H10Br2OS/c1-14-10-3-2-7(12)6-8(10)9(13)4-5-11/h2-3,6H,4-5H2,1H3. The molecule has 0 saturated carbocycles. The molecule has 0 spiro atoms. The van der Waals surface area contributed by atoms with E-state index in [1.807, 2.05) is 24.5 Å². The highest BCUT2D eigenvalue weighted by Gasteiger charge is 2.10. The third-order valence-corrected chi connectivity index (χ3v) is 3.47. The van der Waals surface area contributed by atoms with Crippen molar-refractivity contribution in [3.8, 4) is 0 Å². The minimum atomic E-state index is 0.188. The molecule has 1 aromatic carbocycles. The van der Waals surface area contributed by atoms with E-state index in [0.717, 1.165) is 14.9 Å². The summed E-state index contributed by atoms with van der Waals surface area (Å²) in [6.07, 6.45) is 2.53. The minimum Gasteiger partial charge on any atom is -0.294 e. The van der Waals surface area contributed by atoms with Crippen LogP contribution in [0.1, 0.15) is 16.8 Å². The van der Waals surface area contributed by atoms with Crippen LogP contribution in [0, 0.1) is 0 Å². The number of hydrogen-bond donors (Lipinski definition) is 0. The highest BCUT2D eigenvalue weighted by Crippen LogP contribution is 2.25. The zero-order valence-electron chi connectivity index (χ0n) is 7.72. The molecule has 0 heterocycles. The fourth-order valence-corrected chi connectivity index (χ4v) is 2.44. The molecule has 0 bridgehead atoms. The van der Waals surface area contributed by atoms with Crippen LogP contribution in [0.3, 0.4) is 0 Å². The van der Waals surface area contributed by atoms with Gasteiger partial charge in [-0.1, -0.05) is 31.9 Å². The molecule has 0 aliphatic heterocycles. The number of halogens is 2. The molecule has 14 heavy (non-hydrogen) atoms. The lowest BCUT2D eigenvalue weighted by Gasteiger charge is -2.05. The maximum atomic E-state index is 11.7. The Morgan fingerprint density at radius 2 is 2.21 bits per heavy atom. The number of carbonyl (C=O) groups is 1. The summed E-state index contributed by atoms with van der Waals surface area (Å²) in [5, 5.41) is 0.714. The molecule has 0 unspecified atom stereocenters. The molecule has 0 fully saturated rings. The summed E-state index contributed by atoms with van der Waals surface area (Å²) >= 11 is 8.25. The van der Waals surface area contributed by atoms with E-state index in [4.69, 9.17) is 0 Å². The van der Waals surface area contributed by atoms with Crippen LogP contribution in [0.4, 0.5) is 0 Å². The molecule has 0 saturated heterocycles. The van der Waals surface area contributed by atoms with Crippen molar-refractivity contribution in [1.29, 1.82) is 0 Å². The van der Waals surface area contributed by atoms with Crippen LogP contribution >= 0.6 is 43.6 Å². The predicted octanol–water partition coefficient (Wildman–Crippen LogP) is 4.14. The number of ketones is 1. The lowest BCUT2D eigenvalue weighted by atomic mass is 10.1. The summed E-state index contributed by atoms with van der Waals surface area (Å²) < 4.78 is 0.952. The van der Waals surface area contributed by atoms with Gasteiger partial charge in [-0.2, -0.15) is 0 Å². The number of rotatable bonds is 4. The average Bonchev–Trinajstić information content (AvgIpc) is 2.18. The smallest absolute Gasteiger partial charge is 0.164 e. The molecule has 1 rings (SSSR count). The number of hydrogen-bond acceptors (Lipinski definition) is 2. The molecule has 0 amide bonds. The largest absolute Gasteiger partial charge is 0.294 e. The Bertz CT molecular complexity index is 339. The fraction of sp³-hybridized carbons (Fsp3) is 0.300. The van der Waals surface area contributed by atoms with Gasteiger partial charge in [-0.05, 0) is 24.5 Å². The highest BCUT2D eigenvalue weighted by molar-refractivity contribution is 9.10. The molecule has 0 N–H and O–H groups in total. The zero-order chi connectivity index (χ0) is 10.6. The lowest BCUT2D eigenvalue weighted by Crippen LogP contribution is -2.01. The number of benzene rings is 1. The third-order valence-electron chi connectivity index (χ3n) is 1.78. The predicted molar refractivity (Wildman–Crippen MR) is 68.7 cm³/mol. The topological polar surface area (TPSA) is 17.1 Å².